The van der Waals surface area contributed by atoms with E-state index < -0.39 is 0 Å². The first-order valence-electron chi connectivity index (χ1n) is 6.51. The molecule has 1 N–H and O–H groups in total. The van der Waals surface area contributed by atoms with Gasteiger partial charge in [-0.1, -0.05) is 27.7 Å². The maximum Gasteiger partial charge on any atom is 0.338 e. The molecule has 0 aliphatic heterocycles. The molecule has 0 radical (unpaired) electrons. The van der Waals surface area contributed by atoms with Crippen molar-refractivity contribution in [2.24, 2.45) is 0 Å². The number of hydrogen-bond acceptors (Lipinski definition) is 4. The van der Waals surface area contributed by atoms with Crippen LogP contribution in [0, 0.1) is 0 Å². The van der Waals surface area contributed by atoms with Crippen LogP contribution in [0.3, 0.4) is 0 Å². The molecule has 1 rings (SSSR count). The molecule has 1 aromatic carbocycles. The molecule has 0 saturated heterocycles. The van der Waals surface area contributed by atoms with Crippen molar-refractivity contribution in [1.82, 2.24) is 0 Å². The van der Waals surface area contributed by atoms with E-state index in [1.165, 1.54) is 0 Å². The summed E-state index contributed by atoms with van der Waals surface area (Å²) in [6.07, 6.45) is 0. The van der Waals surface area contributed by atoms with Crippen LogP contribution < -0.4 is 5.32 Å². The number of rotatable bonds is 3. The van der Waals surface area contributed by atoms with Gasteiger partial charge in [0, 0.05) is 12.7 Å². The smallest absolute Gasteiger partial charge is 0.338 e. The van der Waals surface area contributed by atoms with E-state index in [1.807, 2.05) is 53.7 Å². The Morgan fingerprint density at radius 3 is 1.84 bits per heavy atom. The summed E-state index contributed by atoms with van der Waals surface area (Å²) < 4.78 is 4.84. The van der Waals surface area contributed by atoms with Gasteiger partial charge >= 0.3 is 5.97 Å². The third-order valence-electron chi connectivity index (χ3n) is 1.68. The summed E-state index contributed by atoms with van der Waals surface area (Å²) in [6.45, 7) is 12.2. The van der Waals surface area contributed by atoms with E-state index in [-0.39, 0.29) is 5.97 Å². The molecule has 1 aromatic rings. The average molecular weight is 269 g/mol. The van der Waals surface area contributed by atoms with Crippen LogP contribution in [0.25, 0.3) is 0 Å². The molecule has 4 heteroatoms. The lowest BCUT2D eigenvalue weighted by Gasteiger charge is -2.02. The quantitative estimate of drug-likeness (QED) is 0.849. The average Bonchev–Trinajstić information content (AvgIpc) is 2.53. The topological polar surface area (TPSA) is 55.4 Å². The SMILES string of the molecule is C=O.CC.CC.CCOC(=O)c1ccc(NC)cc1. The van der Waals surface area contributed by atoms with Crippen LogP contribution in [0.4, 0.5) is 5.69 Å². The van der Waals surface area contributed by atoms with Gasteiger partial charge in [0.05, 0.1) is 12.2 Å². The third-order valence-corrected chi connectivity index (χ3v) is 1.68. The van der Waals surface area contributed by atoms with E-state index in [9.17, 15) is 4.79 Å². The predicted molar refractivity (Wildman–Crippen MR) is 81.8 cm³/mol. The largest absolute Gasteiger partial charge is 0.462 e. The van der Waals surface area contributed by atoms with E-state index >= 15 is 0 Å². The fourth-order valence-corrected chi connectivity index (χ4v) is 0.987. The first kappa shape index (κ1) is 22.3. The van der Waals surface area contributed by atoms with E-state index in [0.29, 0.717) is 12.2 Å². The molecule has 0 heterocycles. The molecule has 0 bridgehead atoms. The molecule has 0 fully saturated rings. The monoisotopic (exact) mass is 269 g/mol. The second kappa shape index (κ2) is 18.5. The van der Waals surface area contributed by atoms with Gasteiger partial charge < -0.3 is 14.8 Å². The normalized spacial score (nSPS) is 7.26. The second-order valence-corrected chi connectivity index (χ2v) is 2.55. The van der Waals surface area contributed by atoms with Gasteiger partial charge in [-0.05, 0) is 31.2 Å². The number of ether oxygens (including phenoxy) is 1. The first-order chi connectivity index (χ1) is 9.27. The van der Waals surface area contributed by atoms with Gasteiger partial charge in [0.15, 0.2) is 0 Å². The summed E-state index contributed by atoms with van der Waals surface area (Å²) in [7, 11) is 1.83. The molecular formula is C15H27NO3. The number of hydrogen-bond donors (Lipinski definition) is 1. The lowest BCUT2D eigenvalue weighted by Crippen LogP contribution is -2.04. The standard InChI is InChI=1S/C10H13NO2.2C2H6.CH2O/c1-3-13-10(12)8-4-6-9(11-2)7-5-8;3*1-2/h4-7,11H,3H2,1-2H3;2*1-2H3;1H2. The van der Waals surface area contributed by atoms with Crippen molar-refractivity contribution in [1.29, 1.82) is 0 Å². The summed E-state index contributed by atoms with van der Waals surface area (Å²) in [5.41, 5.74) is 1.56. The Labute approximate surface area is 117 Å². The number of anilines is 1. The highest BCUT2D eigenvalue weighted by atomic mass is 16.5. The van der Waals surface area contributed by atoms with Crippen molar-refractivity contribution < 1.29 is 14.3 Å². The molecule has 0 unspecified atom stereocenters. The van der Waals surface area contributed by atoms with Gasteiger partial charge in [0.2, 0.25) is 0 Å². The molecule has 0 aliphatic rings. The van der Waals surface area contributed by atoms with Crippen molar-refractivity contribution in [3.8, 4) is 0 Å². The summed E-state index contributed by atoms with van der Waals surface area (Å²) in [6, 6.07) is 7.16. The van der Waals surface area contributed by atoms with Crippen LogP contribution in [0.5, 0.6) is 0 Å². The van der Waals surface area contributed by atoms with Gasteiger partial charge in [0.25, 0.3) is 0 Å². The fraction of sp³-hybridized carbons (Fsp3) is 0.467. The molecule has 0 saturated carbocycles. The number of nitrogens with one attached hydrogen (secondary N) is 1. The van der Waals surface area contributed by atoms with Crippen LogP contribution >= 0.6 is 0 Å². The Balaban J connectivity index is -0.000000375. The zero-order valence-corrected chi connectivity index (χ0v) is 12.9. The molecule has 0 aliphatic carbocycles. The summed E-state index contributed by atoms with van der Waals surface area (Å²) >= 11 is 0. The molecular weight excluding hydrogens is 242 g/mol. The van der Waals surface area contributed by atoms with Crippen LogP contribution in [0.2, 0.25) is 0 Å². The van der Waals surface area contributed by atoms with Crippen LogP contribution in [0.1, 0.15) is 45.0 Å². The zero-order chi connectivity index (χ0) is 15.7. The number of benzene rings is 1. The predicted octanol–water partition coefficient (Wildman–Crippen LogP) is 3.77. The highest BCUT2D eigenvalue weighted by molar-refractivity contribution is 5.89. The first-order valence-corrected chi connectivity index (χ1v) is 6.51. The Hall–Kier alpha value is -1.84. The number of esters is 1. The van der Waals surface area contributed by atoms with Gasteiger partial charge in [-0.3, -0.25) is 0 Å². The minimum atomic E-state index is -0.273. The minimum absolute atomic E-state index is 0.273. The minimum Gasteiger partial charge on any atom is -0.462 e. The lowest BCUT2D eigenvalue weighted by atomic mass is 10.2. The second-order valence-electron chi connectivity index (χ2n) is 2.55. The molecule has 110 valence electrons. The third kappa shape index (κ3) is 11.0. The van der Waals surface area contributed by atoms with Crippen molar-refractivity contribution in [3.05, 3.63) is 29.8 Å². The van der Waals surface area contributed by atoms with Crippen LogP contribution in [0.15, 0.2) is 24.3 Å². The fourth-order valence-electron chi connectivity index (χ4n) is 0.987. The molecule has 0 atom stereocenters. The highest BCUT2D eigenvalue weighted by Gasteiger charge is 2.04. The number of carbonyl (C=O) groups excluding carboxylic acids is 2. The molecule has 19 heavy (non-hydrogen) atoms. The van der Waals surface area contributed by atoms with E-state index in [0.717, 1.165) is 5.69 Å². The van der Waals surface area contributed by atoms with Gasteiger partial charge in [-0.2, -0.15) is 0 Å². The Kier molecular flexibility index (Phi) is 21.8. The summed E-state index contributed by atoms with van der Waals surface area (Å²) in [4.78, 5) is 19.2. The summed E-state index contributed by atoms with van der Waals surface area (Å²) in [5, 5.41) is 2.97. The maximum absolute atomic E-state index is 11.2. The zero-order valence-electron chi connectivity index (χ0n) is 12.9. The van der Waals surface area contributed by atoms with Crippen molar-refractivity contribution in [2.75, 3.05) is 19.0 Å². The Bertz CT molecular complexity index is 297. The lowest BCUT2D eigenvalue weighted by molar-refractivity contribution is -0.0980. The van der Waals surface area contributed by atoms with Gasteiger partial charge in [0.1, 0.15) is 6.79 Å². The molecule has 4 nitrogen and oxygen atoms in total. The Morgan fingerprint density at radius 2 is 1.53 bits per heavy atom. The Morgan fingerprint density at radius 1 is 1.11 bits per heavy atom. The molecule has 0 aromatic heterocycles. The summed E-state index contributed by atoms with van der Waals surface area (Å²) in [5.74, 6) is -0.273. The van der Waals surface area contributed by atoms with Gasteiger partial charge in [-0.25, -0.2) is 4.79 Å². The van der Waals surface area contributed by atoms with Crippen LogP contribution in [-0.2, 0) is 9.53 Å². The van der Waals surface area contributed by atoms with Crippen molar-refractivity contribution in [3.63, 3.8) is 0 Å². The van der Waals surface area contributed by atoms with E-state index in [4.69, 9.17) is 9.53 Å². The van der Waals surface area contributed by atoms with Crippen LogP contribution in [-0.4, -0.2) is 26.4 Å². The molecule has 0 spiro atoms. The van der Waals surface area contributed by atoms with Crippen molar-refractivity contribution in [2.45, 2.75) is 34.6 Å². The van der Waals surface area contributed by atoms with E-state index in [2.05, 4.69) is 5.32 Å². The van der Waals surface area contributed by atoms with Crippen molar-refractivity contribution >= 4 is 18.4 Å². The molecule has 0 amide bonds. The number of carbonyl (C=O) groups is 2. The maximum atomic E-state index is 11.2. The van der Waals surface area contributed by atoms with E-state index in [1.54, 1.807) is 19.1 Å². The highest BCUT2D eigenvalue weighted by Crippen LogP contribution is 2.09. The van der Waals surface area contributed by atoms with Gasteiger partial charge in [-0.15, -0.1) is 0 Å².